The molecule has 9 heteroatoms. The fourth-order valence-electron chi connectivity index (χ4n) is 5.43. The number of hydrogen-bond acceptors (Lipinski definition) is 8. The minimum Gasteiger partial charge on any atom is -0.507 e. The smallest absolute Gasteiger partial charge is 0.295 e. The molecule has 0 aromatic heterocycles. The van der Waals surface area contributed by atoms with Crippen molar-refractivity contribution in [2.45, 2.75) is 19.6 Å². The highest BCUT2D eigenvalue weighted by Crippen LogP contribution is 2.42. The van der Waals surface area contributed by atoms with Crippen LogP contribution in [0.25, 0.3) is 5.76 Å². The molecule has 2 aliphatic heterocycles. The molecule has 0 radical (unpaired) electrons. The fourth-order valence-corrected chi connectivity index (χ4v) is 5.43. The van der Waals surface area contributed by atoms with Gasteiger partial charge in [-0.2, -0.15) is 0 Å². The number of aryl methyl sites for hydroxylation is 1. The van der Waals surface area contributed by atoms with Crippen LogP contribution in [0.3, 0.4) is 0 Å². The third kappa shape index (κ3) is 6.12. The standard InChI is InChI=1S/C33H36N2O7/c1-22-19-25(42-21-23-7-5-4-6-8-23)10-11-26(22)31(36)29-30(24-9-12-27(39-2)28(20-24)40-3)35(33(38)32(29)37)14-13-34-15-17-41-18-16-34/h4-12,19-20,30,36H,13-18,21H2,1-3H3/t30-/m1/s1. The van der Waals surface area contributed by atoms with Gasteiger partial charge in [0.05, 0.1) is 39.0 Å². The van der Waals surface area contributed by atoms with E-state index in [1.807, 2.05) is 43.3 Å². The van der Waals surface area contributed by atoms with Gasteiger partial charge in [-0.05, 0) is 53.9 Å². The second-order valence-corrected chi connectivity index (χ2v) is 10.3. The first-order chi connectivity index (χ1) is 20.4. The third-order valence-electron chi connectivity index (χ3n) is 7.73. The molecule has 1 atom stereocenters. The summed E-state index contributed by atoms with van der Waals surface area (Å²) in [5, 5.41) is 11.6. The Hall–Kier alpha value is -4.34. The van der Waals surface area contributed by atoms with E-state index in [0.717, 1.165) is 18.7 Å². The highest BCUT2D eigenvalue weighted by Gasteiger charge is 2.46. The van der Waals surface area contributed by atoms with Crippen molar-refractivity contribution in [3.63, 3.8) is 0 Å². The molecule has 2 fully saturated rings. The first kappa shape index (κ1) is 29.2. The van der Waals surface area contributed by atoms with Crippen molar-refractivity contribution >= 4 is 17.4 Å². The lowest BCUT2D eigenvalue weighted by molar-refractivity contribution is -0.140. The number of amides is 1. The van der Waals surface area contributed by atoms with Crippen LogP contribution < -0.4 is 14.2 Å². The number of methoxy groups -OCH3 is 2. The quantitative estimate of drug-likeness (QED) is 0.218. The van der Waals surface area contributed by atoms with E-state index in [1.165, 1.54) is 12.0 Å². The highest BCUT2D eigenvalue weighted by atomic mass is 16.5. The molecule has 0 aliphatic carbocycles. The Morgan fingerprint density at radius 2 is 1.67 bits per heavy atom. The van der Waals surface area contributed by atoms with E-state index >= 15 is 0 Å². The largest absolute Gasteiger partial charge is 0.507 e. The molecule has 5 rings (SSSR count). The van der Waals surface area contributed by atoms with Gasteiger partial charge in [0.25, 0.3) is 11.7 Å². The Kier molecular flexibility index (Phi) is 9.09. The molecular weight excluding hydrogens is 536 g/mol. The van der Waals surface area contributed by atoms with Crippen LogP contribution in [0.2, 0.25) is 0 Å². The molecule has 0 bridgehead atoms. The molecule has 220 valence electrons. The van der Waals surface area contributed by atoms with E-state index in [9.17, 15) is 14.7 Å². The van der Waals surface area contributed by atoms with Crippen molar-refractivity contribution in [2.24, 2.45) is 0 Å². The topological polar surface area (TPSA) is 97.8 Å². The van der Waals surface area contributed by atoms with Gasteiger partial charge in [-0.15, -0.1) is 0 Å². The zero-order chi connectivity index (χ0) is 29.6. The minimum atomic E-state index is -0.806. The van der Waals surface area contributed by atoms with E-state index in [2.05, 4.69) is 4.90 Å². The second-order valence-electron chi connectivity index (χ2n) is 10.3. The van der Waals surface area contributed by atoms with Gasteiger partial charge in [-0.1, -0.05) is 36.4 Å². The molecular formula is C33H36N2O7. The van der Waals surface area contributed by atoms with Crippen molar-refractivity contribution in [1.29, 1.82) is 0 Å². The fraction of sp³-hybridized carbons (Fsp3) is 0.333. The van der Waals surface area contributed by atoms with Crippen LogP contribution in [-0.2, 0) is 20.9 Å². The van der Waals surface area contributed by atoms with Crippen LogP contribution in [0.4, 0.5) is 0 Å². The molecule has 0 saturated carbocycles. The lowest BCUT2D eigenvalue weighted by atomic mass is 9.93. The van der Waals surface area contributed by atoms with E-state index in [4.69, 9.17) is 18.9 Å². The predicted octanol–water partition coefficient (Wildman–Crippen LogP) is 4.35. The molecule has 9 nitrogen and oxygen atoms in total. The highest BCUT2D eigenvalue weighted by molar-refractivity contribution is 6.46. The summed E-state index contributed by atoms with van der Waals surface area (Å²) < 4.78 is 22.3. The molecule has 0 unspecified atom stereocenters. The number of nitrogens with zero attached hydrogens (tertiary/aromatic N) is 2. The van der Waals surface area contributed by atoms with Gasteiger partial charge in [0.15, 0.2) is 11.5 Å². The van der Waals surface area contributed by atoms with Gasteiger partial charge in [-0.3, -0.25) is 14.5 Å². The molecule has 42 heavy (non-hydrogen) atoms. The number of aliphatic hydroxyl groups is 1. The van der Waals surface area contributed by atoms with Crippen LogP contribution in [0.5, 0.6) is 17.2 Å². The first-order valence-electron chi connectivity index (χ1n) is 14.0. The van der Waals surface area contributed by atoms with Crippen molar-refractivity contribution in [3.05, 3.63) is 94.6 Å². The molecule has 2 aliphatic rings. The first-order valence-corrected chi connectivity index (χ1v) is 14.0. The zero-order valence-corrected chi connectivity index (χ0v) is 24.2. The lowest BCUT2D eigenvalue weighted by Gasteiger charge is -2.31. The summed E-state index contributed by atoms with van der Waals surface area (Å²) in [6, 6.07) is 19.6. The molecule has 1 amide bonds. The summed E-state index contributed by atoms with van der Waals surface area (Å²) in [7, 11) is 3.07. The van der Waals surface area contributed by atoms with E-state index in [-0.39, 0.29) is 11.3 Å². The molecule has 3 aromatic carbocycles. The number of aliphatic hydroxyl groups excluding tert-OH is 1. The van der Waals surface area contributed by atoms with Crippen molar-refractivity contribution in [3.8, 4) is 17.2 Å². The van der Waals surface area contributed by atoms with E-state index < -0.39 is 17.7 Å². The predicted molar refractivity (Wildman–Crippen MR) is 158 cm³/mol. The number of hydrogen-bond donors (Lipinski definition) is 1. The number of benzene rings is 3. The summed E-state index contributed by atoms with van der Waals surface area (Å²) >= 11 is 0. The normalized spacial score (nSPS) is 18.7. The van der Waals surface area contributed by atoms with Gasteiger partial charge < -0.3 is 29.0 Å². The average Bonchev–Trinajstić information content (AvgIpc) is 3.28. The summed E-state index contributed by atoms with van der Waals surface area (Å²) in [5.41, 5.74) is 2.88. The summed E-state index contributed by atoms with van der Waals surface area (Å²) in [6.45, 7) is 5.89. The molecule has 1 N–H and O–H groups in total. The van der Waals surface area contributed by atoms with Crippen LogP contribution in [0, 0.1) is 6.92 Å². The Labute approximate surface area is 245 Å². The van der Waals surface area contributed by atoms with Gasteiger partial charge in [0, 0.05) is 31.7 Å². The zero-order valence-electron chi connectivity index (χ0n) is 24.2. The number of ether oxygens (including phenoxy) is 4. The van der Waals surface area contributed by atoms with Gasteiger partial charge in [0.2, 0.25) is 0 Å². The Bertz CT molecular complexity index is 1460. The van der Waals surface area contributed by atoms with Gasteiger partial charge in [0.1, 0.15) is 18.1 Å². The number of ketones is 1. The van der Waals surface area contributed by atoms with Crippen LogP contribution in [-0.4, -0.2) is 80.2 Å². The minimum absolute atomic E-state index is 0.0373. The van der Waals surface area contributed by atoms with Gasteiger partial charge in [-0.25, -0.2) is 0 Å². The molecule has 0 spiro atoms. The Balaban J connectivity index is 1.50. The summed E-state index contributed by atoms with van der Waals surface area (Å²) in [5.74, 6) is 0.0193. The van der Waals surface area contributed by atoms with Crippen molar-refractivity contribution in [2.75, 3.05) is 53.6 Å². The van der Waals surface area contributed by atoms with Crippen molar-refractivity contribution in [1.82, 2.24) is 9.80 Å². The van der Waals surface area contributed by atoms with Crippen LogP contribution in [0.1, 0.15) is 28.3 Å². The molecule has 2 saturated heterocycles. The maximum absolute atomic E-state index is 13.6. The number of Topliss-reactive ketones (excluding diaryl/α,β-unsaturated/α-hetero) is 1. The van der Waals surface area contributed by atoms with Crippen molar-refractivity contribution < 1.29 is 33.6 Å². The van der Waals surface area contributed by atoms with E-state index in [1.54, 1.807) is 37.4 Å². The maximum Gasteiger partial charge on any atom is 0.295 e. The number of morpholine rings is 1. The number of carbonyl (C=O) groups is 2. The van der Waals surface area contributed by atoms with Crippen LogP contribution in [0.15, 0.2) is 72.3 Å². The lowest BCUT2D eigenvalue weighted by Crippen LogP contribution is -2.42. The average molecular weight is 573 g/mol. The van der Waals surface area contributed by atoms with Gasteiger partial charge >= 0.3 is 0 Å². The summed E-state index contributed by atoms with van der Waals surface area (Å²) in [6.07, 6.45) is 0. The second kappa shape index (κ2) is 13.1. The molecule has 2 heterocycles. The van der Waals surface area contributed by atoms with Crippen LogP contribution >= 0.6 is 0 Å². The molecule has 3 aromatic rings. The number of rotatable bonds is 10. The van der Waals surface area contributed by atoms with E-state index in [0.29, 0.717) is 66.8 Å². The SMILES string of the molecule is COc1ccc([C@@H]2C(=C(O)c3ccc(OCc4ccccc4)cc3C)C(=O)C(=O)N2CCN2CCOCC2)cc1OC. The maximum atomic E-state index is 13.6. The number of carbonyl (C=O) groups excluding carboxylic acids is 2. The monoisotopic (exact) mass is 572 g/mol. The third-order valence-corrected chi connectivity index (χ3v) is 7.73. The summed E-state index contributed by atoms with van der Waals surface area (Å²) in [4.78, 5) is 30.8. The Morgan fingerprint density at radius 1 is 0.929 bits per heavy atom. The Morgan fingerprint density at radius 3 is 2.36 bits per heavy atom. The number of likely N-dealkylation sites (tertiary alicyclic amines) is 1.